The summed E-state index contributed by atoms with van der Waals surface area (Å²) >= 11 is 1.57. The Morgan fingerprint density at radius 2 is 1.96 bits per heavy atom. The van der Waals surface area contributed by atoms with Crippen molar-refractivity contribution >= 4 is 35.0 Å². The minimum atomic E-state index is -0.170. The van der Waals surface area contributed by atoms with E-state index in [4.69, 9.17) is 4.74 Å². The second-order valence-corrected chi connectivity index (χ2v) is 6.75. The molecule has 0 aromatic heterocycles. The van der Waals surface area contributed by atoms with Crippen LogP contribution in [0.5, 0.6) is 5.75 Å². The molecule has 0 aliphatic carbocycles. The molecule has 1 unspecified atom stereocenters. The number of rotatable bonds is 4. The van der Waals surface area contributed by atoms with Crippen LogP contribution >= 0.6 is 11.8 Å². The zero-order valence-corrected chi connectivity index (χ0v) is 14.3. The number of fused-ring (bicyclic) bond motifs is 1. The summed E-state index contributed by atoms with van der Waals surface area (Å²) in [5.74, 6) is 0.312. The van der Waals surface area contributed by atoms with E-state index in [0.29, 0.717) is 23.5 Å². The maximum absolute atomic E-state index is 12.6. The van der Waals surface area contributed by atoms with Crippen LogP contribution in [0, 0.1) is 0 Å². The summed E-state index contributed by atoms with van der Waals surface area (Å²) in [6, 6.07) is 13.2. The molecule has 0 saturated carbocycles. The molecule has 2 amide bonds. The number of carbonyl (C=O) groups is 2. The number of benzene rings is 2. The van der Waals surface area contributed by atoms with Crippen LogP contribution in [0.3, 0.4) is 0 Å². The van der Waals surface area contributed by atoms with Gasteiger partial charge in [-0.1, -0.05) is 18.2 Å². The lowest BCUT2D eigenvalue weighted by molar-refractivity contribution is -0.116. The van der Waals surface area contributed by atoms with E-state index >= 15 is 0 Å². The minimum absolute atomic E-state index is 0.0746. The van der Waals surface area contributed by atoms with Gasteiger partial charge in [-0.25, -0.2) is 0 Å². The standard InChI is InChI=1S/C18H18N2O3S/c1-11(21)19-13-7-8-15(23-2)14(10-13)20-18(22)17-9-12-5-3-4-6-16(12)24-17/h3-8,10,17H,9H2,1-2H3,(H,19,21)(H,20,22). The lowest BCUT2D eigenvalue weighted by atomic mass is 10.1. The SMILES string of the molecule is COc1ccc(NC(C)=O)cc1NC(=O)C1Cc2ccccc2S1. The molecule has 1 aliphatic heterocycles. The molecule has 5 nitrogen and oxygen atoms in total. The number of anilines is 2. The zero-order chi connectivity index (χ0) is 17.1. The van der Waals surface area contributed by atoms with Gasteiger partial charge in [0.15, 0.2) is 0 Å². The fourth-order valence-electron chi connectivity index (χ4n) is 2.63. The van der Waals surface area contributed by atoms with Crippen LogP contribution in [-0.2, 0) is 16.0 Å². The molecule has 0 saturated heterocycles. The summed E-state index contributed by atoms with van der Waals surface area (Å²) in [5, 5.41) is 5.45. The van der Waals surface area contributed by atoms with Crippen molar-refractivity contribution in [2.75, 3.05) is 17.7 Å². The Morgan fingerprint density at radius 3 is 2.67 bits per heavy atom. The predicted molar refractivity (Wildman–Crippen MR) is 95.7 cm³/mol. The molecule has 0 fully saturated rings. The van der Waals surface area contributed by atoms with Gasteiger partial charge >= 0.3 is 0 Å². The molecule has 2 aromatic rings. The molecule has 0 radical (unpaired) electrons. The van der Waals surface area contributed by atoms with Crippen LogP contribution in [0.2, 0.25) is 0 Å². The number of carbonyl (C=O) groups excluding carboxylic acids is 2. The van der Waals surface area contributed by atoms with Crippen LogP contribution in [0.1, 0.15) is 12.5 Å². The van der Waals surface area contributed by atoms with Gasteiger partial charge in [-0.2, -0.15) is 0 Å². The quantitative estimate of drug-likeness (QED) is 0.894. The maximum Gasteiger partial charge on any atom is 0.238 e. The Labute approximate surface area is 144 Å². The van der Waals surface area contributed by atoms with Gasteiger partial charge in [0.1, 0.15) is 5.75 Å². The number of nitrogens with one attached hydrogen (secondary N) is 2. The number of thioether (sulfide) groups is 1. The number of hydrogen-bond acceptors (Lipinski definition) is 4. The smallest absolute Gasteiger partial charge is 0.238 e. The Kier molecular flexibility index (Phi) is 4.76. The van der Waals surface area contributed by atoms with Crippen molar-refractivity contribution < 1.29 is 14.3 Å². The fraction of sp³-hybridized carbons (Fsp3) is 0.222. The monoisotopic (exact) mass is 342 g/mol. The Hall–Kier alpha value is -2.47. The van der Waals surface area contributed by atoms with Gasteiger partial charge < -0.3 is 15.4 Å². The maximum atomic E-state index is 12.6. The molecule has 0 spiro atoms. The van der Waals surface area contributed by atoms with Crippen LogP contribution in [0.25, 0.3) is 0 Å². The van der Waals surface area contributed by atoms with Crippen molar-refractivity contribution in [3.05, 3.63) is 48.0 Å². The summed E-state index contributed by atoms with van der Waals surface area (Å²) in [4.78, 5) is 25.0. The fourth-order valence-corrected chi connectivity index (χ4v) is 3.82. The van der Waals surface area contributed by atoms with Crippen LogP contribution in [0.15, 0.2) is 47.4 Å². The molecular weight excluding hydrogens is 324 g/mol. The molecule has 1 atom stereocenters. The average Bonchev–Trinajstić information content (AvgIpc) is 2.99. The minimum Gasteiger partial charge on any atom is -0.495 e. The first kappa shape index (κ1) is 16.4. The van der Waals surface area contributed by atoms with E-state index in [-0.39, 0.29) is 17.1 Å². The highest BCUT2D eigenvalue weighted by molar-refractivity contribution is 8.01. The third-order valence-corrected chi connectivity index (χ3v) is 5.03. The first-order valence-corrected chi connectivity index (χ1v) is 8.46. The second kappa shape index (κ2) is 6.97. The van der Waals surface area contributed by atoms with Crippen molar-refractivity contribution in [3.8, 4) is 5.75 Å². The summed E-state index contributed by atoms with van der Waals surface area (Å²) in [7, 11) is 1.54. The van der Waals surface area contributed by atoms with E-state index in [1.54, 1.807) is 37.1 Å². The van der Waals surface area contributed by atoms with E-state index in [9.17, 15) is 9.59 Å². The highest BCUT2D eigenvalue weighted by Gasteiger charge is 2.28. The number of amides is 2. The van der Waals surface area contributed by atoms with Crippen molar-refractivity contribution in [1.82, 2.24) is 0 Å². The molecule has 24 heavy (non-hydrogen) atoms. The molecule has 3 rings (SSSR count). The molecule has 1 heterocycles. The second-order valence-electron chi connectivity index (χ2n) is 5.50. The lowest BCUT2D eigenvalue weighted by Gasteiger charge is -2.14. The average molecular weight is 342 g/mol. The van der Waals surface area contributed by atoms with Crippen molar-refractivity contribution in [3.63, 3.8) is 0 Å². The van der Waals surface area contributed by atoms with E-state index in [0.717, 1.165) is 4.90 Å². The number of ether oxygens (including phenoxy) is 1. The third-order valence-electron chi connectivity index (χ3n) is 3.72. The largest absolute Gasteiger partial charge is 0.495 e. The van der Waals surface area contributed by atoms with Gasteiger partial charge in [-0.05, 0) is 36.2 Å². The Bertz CT molecular complexity index is 767. The molecule has 124 valence electrons. The third kappa shape index (κ3) is 3.54. The van der Waals surface area contributed by atoms with Gasteiger partial charge in [-0.15, -0.1) is 11.8 Å². The van der Waals surface area contributed by atoms with Gasteiger partial charge in [-0.3, -0.25) is 9.59 Å². The van der Waals surface area contributed by atoms with Crippen LogP contribution in [-0.4, -0.2) is 24.2 Å². The van der Waals surface area contributed by atoms with E-state index in [1.165, 1.54) is 12.5 Å². The highest BCUT2D eigenvalue weighted by Crippen LogP contribution is 2.38. The normalized spacial score (nSPS) is 15.5. The van der Waals surface area contributed by atoms with Gasteiger partial charge in [0, 0.05) is 17.5 Å². The first-order valence-electron chi connectivity index (χ1n) is 7.58. The summed E-state index contributed by atoms with van der Waals surface area (Å²) in [6.45, 7) is 1.44. The summed E-state index contributed by atoms with van der Waals surface area (Å²) in [6.07, 6.45) is 0.709. The number of hydrogen-bond donors (Lipinski definition) is 2. The Morgan fingerprint density at radius 1 is 1.17 bits per heavy atom. The van der Waals surface area contributed by atoms with Crippen molar-refractivity contribution in [1.29, 1.82) is 0 Å². The first-order chi connectivity index (χ1) is 11.6. The molecule has 1 aliphatic rings. The van der Waals surface area contributed by atoms with E-state index in [1.807, 2.05) is 24.3 Å². The summed E-state index contributed by atoms with van der Waals surface area (Å²) in [5.41, 5.74) is 2.35. The van der Waals surface area contributed by atoms with Crippen molar-refractivity contribution in [2.45, 2.75) is 23.5 Å². The summed E-state index contributed by atoms with van der Waals surface area (Å²) < 4.78 is 5.30. The molecule has 6 heteroatoms. The molecule has 0 bridgehead atoms. The topological polar surface area (TPSA) is 67.4 Å². The van der Waals surface area contributed by atoms with E-state index in [2.05, 4.69) is 10.6 Å². The highest BCUT2D eigenvalue weighted by atomic mass is 32.2. The van der Waals surface area contributed by atoms with Crippen molar-refractivity contribution in [2.24, 2.45) is 0 Å². The van der Waals surface area contributed by atoms with Crippen LogP contribution in [0.4, 0.5) is 11.4 Å². The molecule has 2 aromatic carbocycles. The Balaban J connectivity index is 1.75. The van der Waals surface area contributed by atoms with Gasteiger partial charge in [0.25, 0.3) is 0 Å². The van der Waals surface area contributed by atoms with Gasteiger partial charge in [0.05, 0.1) is 18.0 Å². The van der Waals surface area contributed by atoms with Crippen LogP contribution < -0.4 is 15.4 Å². The predicted octanol–water partition coefficient (Wildman–Crippen LogP) is 3.31. The molecular formula is C18H18N2O3S. The number of methoxy groups -OCH3 is 1. The van der Waals surface area contributed by atoms with E-state index < -0.39 is 0 Å². The van der Waals surface area contributed by atoms with Gasteiger partial charge in [0.2, 0.25) is 11.8 Å². The zero-order valence-electron chi connectivity index (χ0n) is 13.5. The molecule has 2 N–H and O–H groups in total. The lowest BCUT2D eigenvalue weighted by Crippen LogP contribution is -2.25.